The monoisotopic (exact) mass is 351 g/mol. The summed E-state index contributed by atoms with van der Waals surface area (Å²) in [6.07, 6.45) is 3.41. The Bertz CT molecular complexity index is 779. The third-order valence-electron chi connectivity index (χ3n) is 4.98. The number of fused-ring (bicyclic) bond motifs is 2. The van der Waals surface area contributed by atoms with Crippen LogP contribution in [0.1, 0.15) is 24.3 Å². The van der Waals surface area contributed by atoms with Gasteiger partial charge in [0.05, 0.1) is 0 Å². The summed E-state index contributed by atoms with van der Waals surface area (Å²) >= 11 is 5.92. The smallest absolute Gasteiger partial charge is 0.283 e. The molecule has 0 aromatic carbocycles. The topological polar surface area (TPSA) is 60.5 Å². The number of amidine groups is 1. The van der Waals surface area contributed by atoms with Crippen molar-refractivity contribution in [3.63, 3.8) is 0 Å². The molecule has 1 fully saturated rings. The highest BCUT2D eigenvalue weighted by molar-refractivity contribution is 6.29. The van der Waals surface area contributed by atoms with Crippen molar-refractivity contribution in [3.8, 4) is 0 Å². The van der Waals surface area contributed by atoms with Crippen LogP contribution in [0.15, 0.2) is 46.6 Å². The summed E-state index contributed by atoms with van der Waals surface area (Å²) in [5.74, 6) is -0.550. The molecule has 1 saturated carbocycles. The Hall–Kier alpha value is -1.95. The van der Waals surface area contributed by atoms with E-state index in [2.05, 4.69) is 9.98 Å². The molecule has 1 spiro atoms. The quantitative estimate of drug-likeness (QED) is 0.790. The van der Waals surface area contributed by atoms with Crippen molar-refractivity contribution < 1.29 is 13.5 Å². The molecule has 3 unspecified atom stereocenters. The third-order valence-corrected chi connectivity index (χ3v) is 5.19. The largest absolute Gasteiger partial charge is 0.462 e. The first kappa shape index (κ1) is 15.6. The zero-order chi connectivity index (χ0) is 16.9. The SMILES string of the molecule is NC1=NC2(CCC3=CC(F)C(c4ccnc(Cl)c4)C=C32)[C@@H](F)CO1. The summed E-state index contributed by atoms with van der Waals surface area (Å²) in [7, 11) is 0. The average Bonchev–Trinajstić information content (AvgIpc) is 2.89. The zero-order valence-corrected chi connectivity index (χ0v) is 13.5. The number of hydrogen-bond donors (Lipinski definition) is 1. The second-order valence-electron chi connectivity index (χ2n) is 6.31. The van der Waals surface area contributed by atoms with Gasteiger partial charge in [0, 0.05) is 12.1 Å². The van der Waals surface area contributed by atoms with Gasteiger partial charge in [-0.25, -0.2) is 18.8 Å². The molecule has 1 aromatic heterocycles. The fourth-order valence-corrected chi connectivity index (χ4v) is 3.99. The van der Waals surface area contributed by atoms with Crippen LogP contribution in [0, 0.1) is 0 Å². The lowest BCUT2D eigenvalue weighted by Gasteiger charge is -2.35. The van der Waals surface area contributed by atoms with E-state index < -0.39 is 23.8 Å². The highest BCUT2D eigenvalue weighted by Gasteiger charge is 2.52. The predicted octanol–water partition coefficient (Wildman–Crippen LogP) is 3.24. The molecule has 0 bridgehead atoms. The van der Waals surface area contributed by atoms with E-state index in [1.54, 1.807) is 24.3 Å². The van der Waals surface area contributed by atoms with E-state index in [4.69, 9.17) is 22.1 Å². The maximum Gasteiger partial charge on any atom is 0.283 e. The minimum Gasteiger partial charge on any atom is -0.462 e. The number of halogens is 3. The van der Waals surface area contributed by atoms with E-state index in [-0.39, 0.29) is 12.6 Å². The fourth-order valence-electron chi connectivity index (χ4n) is 3.81. The molecule has 2 heterocycles. The van der Waals surface area contributed by atoms with Crippen LogP contribution in [-0.4, -0.2) is 35.5 Å². The second kappa shape index (κ2) is 5.55. The number of hydrogen-bond acceptors (Lipinski definition) is 4. The summed E-state index contributed by atoms with van der Waals surface area (Å²) in [5, 5.41) is 0.297. The molecule has 4 rings (SSSR count). The first-order chi connectivity index (χ1) is 11.5. The lowest BCUT2D eigenvalue weighted by atomic mass is 9.79. The lowest BCUT2D eigenvalue weighted by molar-refractivity contribution is 0.106. The molecule has 0 amide bonds. The average molecular weight is 352 g/mol. The van der Waals surface area contributed by atoms with Crippen LogP contribution in [0.25, 0.3) is 0 Å². The second-order valence-corrected chi connectivity index (χ2v) is 6.69. The molecule has 1 aliphatic heterocycles. The molecular formula is C17H16ClF2N3O. The van der Waals surface area contributed by atoms with Crippen LogP contribution in [0.4, 0.5) is 8.78 Å². The van der Waals surface area contributed by atoms with Gasteiger partial charge in [0.15, 0.2) is 6.17 Å². The van der Waals surface area contributed by atoms with Gasteiger partial charge in [-0.15, -0.1) is 0 Å². The zero-order valence-electron chi connectivity index (χ0n) is 12.8. The highest BCUT2D eigenvalue weighted by Crippen LogP contribution is 2.51. The number of pyridine rings is 1. The Labute approximate surface area is 143 Å². The van der Waals surface area contributed by atoms with Gasteiger partial charge in [0.1, 0.15) is 23.5 Å². The molecule has 1 aromatic rings. The van der Waals surface area contributed by atoms with E-state index in [0.717, 1.165) is 5.57 Å². The van der Waals surface area contributed by atoms with Crippen LogP contribution in [0.2, 0.25) is 5.15 Å². The van der Waals surface area contributed by atoms with Gasteiger partial charge in [-0.05, 0) is 47.8 Å². The van der Waals surface area contributed by atoms with E-state index in [9.17, 15) is 8.78 Å². The summed E-state index contributed by atoms with van der Waals surface area (Å²) in [6, 6.07) is 3.33. The summed E-state index contributed by atoms with van der Waals surface area (Å²) in [4.78, 5) is 8.20. The number of aliphatic imine (C=N–C) groups is 1. The van der Waals surface area contributed by atoms with Crippen molar-refractivity contribution in [2.24, 2.45) is 10.7 Å². The summed E-state index contributed by atoms with van der Waals surface area (Å²) in [5.41, 5.74) is 6.84. The predicted molar refractivity (Wildman–Crippen MR) is 87.5 cm³/mol. The number of nitrogens with two attached hydrogens (primary N) is 1. The van der Waals surface area contributed by atoms with Crippen molar-refractivity contribution in [1.82, 2.24) is 4.98 Å². The lowest BCUT2D eigenvalue weighted by Crippen LogP contribution is -2.47. The molecule has 2 N–H and O–H groups in total. The van der Waals surface area contributed by atoms with E-state index in [1.807, 2.05) is 0 Å². The Balaban J connectivity index is 1.80. The Morgan fingerprint density at radius 3 is 2.96 bits per heavy atom. The van der Waals surface area contributed by atoms with Gasteiger partial charge < -0.3 is 10.5 Å². The third kappa shape index (κ3) is 2.32. The van der Waals surface area contributed by atoms with Crippen molar-refractivity contribution in [2.45, 2.75) is 36.6 Å². The Morgan fingerprint density at radius 2 is 2.17 bits per heavy atom. The van der Waals surface area contributed by atoms with Crippen molar-refractivity contribution in [2.75, 3.05) is 6.61 Å². The van der Waals surface area contributed by atoms with Gasteiger partial charge in [-0.2, -0.15) is 0 Å². The number of ether oxygens (including phenoxy) is 1. The van der Waals surface area contributed by atoms with E-state index in [0.29, 0.717) is 29.1 Å². The Morgan fingerprint density at radius 1 is 1.33 bits per heavy atom. The van der Waals surface area contributed by atoms with Crippen LogP contribution < -0.4 is 5.73 Å². The van der Waals surface area contributed by atoms with Gasteiger partial charge >= 0.3 is 0 Å². The molecule has 3 aliphatic rings. The van der Waals surface area contributed by atoms with Gasteiger partial charge in [0.2, 0.25) is 0 Å². The summed E-state index contributed by atoms with van der Waals surface area (Å²) < 4.78 is 34.4. The van der Waals surface area contributed by atoms with E-state index >= 15 is 0 Å². The molecule has 126 valence electrons. The Kier molecular flexibility index (Phi) is 3.60. The number of nitrogens with zero attached hydrogens (tertiary/aromatic N) is 2. The van der Waals surface area contributed by atoms with Crippen molar-refractivity contribution >= 4 is 17.6 Å². The molecule has 0 saturated heterocycles. The summed E-state index contributed by atoms with van der Waals surface area (Å²) in [6.45, 7) is -0.134. The number of alkyl halides is 2. The molecule has 2 aliphatic carbocycles. The number of allylic oxidation sites excluding steroid dienone is 2. The maximum atomic E-state index is 14.7. The van der Waals surface area contributed by atoms with Crippen molar-refractivity contribution in [1.29, 1.82) is 0 Å². The van der Waals surface area contributed by atoms with Crippen LogP contribution in [-0.2, 0) is 4.74 Å². The van der Waals surface area contributed by atoms with Crippen molar-refractivity contribution in [3.05, 3.63) is 52.3 Å². The van der Waals surface area contributed by atoms with Gasteiger partial charge in [-0.1, -0.05) is 17.7 Å². The number of rotatable bonds is 1. The molecule has 24 heavy (non-hydrogen) atoms. The van der Waals surface area contributed by atoms with Crippen LogP contribution in [0.5, 0.6) is 0 Å². The normalized spacial score (nSPS) is 35.0. The number of aromatic nitrogens is 1. The first-order valence-electron chi connectivity index (χ1n) is 7.81. The minimum absolute atomic E-state index is 0.0167. The standard InChI is InChI=1S/C17H16ClF2N3O/c18-15-6-9(2-4-22-15)11-7-12-10(5-13(11)19)1-3-17(12)14(20)8-24-16(21)23-17/h2,4-7,11,13-14H,1,3,8H2,(H2,21,23)/t11?,13?,14-,17?/m0/s1. The highest BCUT2D eigenvalue weighted by atomic mass is 35.5. The molecular weight excluding hydrogens is 336 g/mol. The maximum absolute atomic E-state index is 14.7. The molecule has 0 radical (unpaired) electrons. The van der Waals surface area contributed by atoms with Crippen LogP contribution in [0.3, 0.4) is 0 Å². The molecule has 7 heteroatoms. The minimum atomic E-state index is -1.31. The van der Waals surface area contributed by atoms with E-state index in [1.165, 1.54) is 6.20 Å². The van der Waals surface area contributed by atoms with Gasteiger partial charge in [-0.3, -0.25) is 0 Å². The molecule has 4 atom stereocenters. The van der Waals surface area contributed by atoms with Gasteiger partial charge in [0.25, 0.3) is 6.02 Å². The van der Waals surface area contributed by atoms with Crippen LogP contribution >= 0.6 is 11.6 Å². The first-order valence-corrected chi connectivity index (χ1v) is 8.18. The fraction of sp³-hybridized carbons (Fsp3) is 0.412. The molecule has 4 nitrogen and oxygen atoms in total.